The average molecular weight is 303 g/mol. The quantitative estimate of drug-likeness (QED) is 0.736. The van der Waals surface area contributed by atoms with Gasteiger partial charge in [0.05, 0.1) is 18.4 Å². The zero-order valence-electron chi connectivity index (χ0n) is 11.7. The third kappa shape index (κ3) is 5.26. The molecule has 1 aromatic carbocycles. The van der Waals surface area contributed by atoms with Gasteiger partial charge in [-0.3, -0.25) is 0 Å². The van der Waals surface area contributed by atoms with Crippen molar-refractivity contribution in [2.75, 3.05) is 32.7 Å². The third-order valence-corrected chi connectivity index (χ3v) is 3.66. The summed E-state index contributed by atoms with van der Waals surface area (Å²) in [6.07, 6.45) is 1.17. The maximum atomic E-state index is 13.7. The summed E-state index contributed by atoms with van der Waals surface area (Å²) in [7, 11) is -0.0814. The van der Waals surface area contributed by atoms with E-state index in [1.807, 2.05) is 0 Å². The molecule has 0 amide bonds. The van der Waals surface area contributed by atoms with Crippen molar-refractivity contribution in [3.63, 3.8) is 0 Å². The van der Waals surface area contributed by atoms with Gasteiger partial charge < -0.3 is 9.64 Å². The van der Waals surface area contributed by atoms with Gasteiger partial charge in [0, 0.05) is 19.3 Å². The van der Waals surface area contributed by atoms with Crippen LogP contribution in [0.15, 0.2) is 18.2 Å². The lowest BCUT2D eigenvalue weighted by molar-refractivity contribution is 0.0595. The molecule has 0 N–H and O–H groups in total. The lowest BCUT2D eigenvalue weighted by atomic mass is 10.1. The van der Waals surface area contributed by atoms with E-state index < -0.39 is 21.6 Å². The number of sulfone groups is 1. The number of ether oxygens (including phenoxy) is 1. The molecule has 0 heterocycles. The van der Waals surface area contributed by atoms with E-state index in [0.29, 0.717) is 18.7 Å². The minimum Gasteiger partial charge on any atom is -0.465 e. The summed E-state index contributed by atoms with van der Waals surface area (Å²) in [5.41, 5.74) is 0.543. The number of carbonyl (C=O) groups excluding carboxylic acids is 1. The summed E-state index contributed by atoms with van der Waals surface area (Å²) < 4.78 is 40.3. The molecule has 0 aliphatic heterocycles. The minimum absolute atomic E-state index is 0.0478. The van der Waals surface area contributed by atoms with Gasteiger partial charge in [-0.25, -0.2) is 17.6 Å². The molecule has 0 spiro atoms. The maximum absolute atomic E-state index is 13.7. The van der Waals surface area contributed by atoms with Crippen LogP contribution < -0.4 is 0 Å². The topological polar surface area (TPSA) is 63.7 Å². The Morgan fingerprint density at radius 1 is 1.40 bits per heavy atom. The molecule has 0 atom stereocenters. The molecule has 0 saturated carbocycles. The van der Waals surface area contributed by atoms with Crippen LogP contribution in [0.5, 0.6) is 0 Å². The van der Waals surface area contributed by atoms with E-state index in [-0.39, 0.29) is 11.3 Å². The third-order valence-electron chi connectivity index (χ3n) is 2.74. The second kappa shape index (κ2) is 6.81. The smallest absolute Gasteiger partial charge is 0.340 e. The first-order valence-electron chi connectivity index (χ1n) is 5.96. The highest BCUT2D eigenvalue weighted by molar-refractivity contribution is 7.90. The zero-order chi connectivity index (χ0) is 15.3. The van der Waals surface area contributed by atoms with Crippen LogP contribution in [0, 0.1) is 5.82 Å². The molecule has 5 nitrogen and oxygen atoms in total. The van der Waals surface area contributed by atoms with Gasteiger partial charge in [-0.1, -0.05) is 6.07 Å². The second-order valence-electron chi connectivity index (χ2n) is 4.67. The summed E-state index contributed by atoms with van der Waals surface area (Å²) in [4.78, 5) is 13.0. The van der Waals surface area contributed by atoms with Crippen molar-refractivity contribution >= 4 is 15.8 Å². The van der Waals surface area contributed by atoms with Crippen molar-refractivity contribution in [1.29, 1.82) is 0 Å². The highest BCUT2D eigenvalue weighted by atomic mass is 32.2. The maximum Gasteiger partial charge on any atom is 0.340 e. The van der Waals surface area contributed by atoms with Gasteiger partial charge in [0.15, 0.2) is 0 Å². The van der Waals surface area contributed by atoms with E-state index >= 15 is 0 Å². The van der Waals surface area contributed by atoms with E-state index in [1.165, 1.54) is 25.5 Å². The van der Waals surface area contributed by atoms with Crippen LogP contribution in [0.3, 0.4) is 0 Å². The zero-order valence-corrected chi connectivity index (χ0v) is 12.5. The number of esters is 1. The first kappa shape index (κ1) is 16.6. The van der Waals surface area contributed by atoms with Crippen LogP contribution in [0.4, 0.5) is 4.39 Å². The Hall–Kier alpha value is -1.47. The number of hydrogen-bond donors (Lipinski definition) is 0. The fourth-order valence-electron chi connectivity index (χ4n) is 1.64. The summed E-state index contributed by atoms with van der Waals surface area (Å²) in [6, 6.07) is 4.23. The van der Waals surface area contributed by atoms with Gasteiger partial charge in [-0.2, -0.15) is 0 Å². The van der Waals surface area contributed by atoms with Crippen LogP contribution in [-0.2, 0) is 21.1 Å². The number of methoxy groups -OCH3 is 1. The van der Waals surface area contributed by atoms with Crippen molar-refractivity contribution in [2.24, 2.45) is 0 Å². The van der Waals surface area contributed by atoms with Crippen molar-refractivity contribution in [2.45, 2.75) is 6.54 Å². The number of hydrogen-bond acceptors (Lipinski definition) is 5. The van der Waals surface area contributed by atoms with Gasteiger partial charge in [-0.15, -0.1) is 0 Å². The second-order valence-corrected chi connectivity index (χ2v) is 6.93. The summed E-state index contributed by atoms with van der Waals surface area (Å²) >= 11 is 0. The van der Waals surface area contributed by atoms with Crippen LogP contribution in [0.1, 0.15) is 15.9 Å². The van der Waals surface area contributed by atoms with E-state index in [2.05, 4.69) is 4.74 Å². The summed E-state index contributed by atoms with van der Waals surface area (Å²) in [6.45, 7) is 0.757. The van der Waals surface area contributed by atoms with E-state index in [0.717, 1.165) is 0 Å². The lowest BCUT2D eigenvalue weighted by Gasteiger charge is -2.16. The minimum atomic E-state index is -3.02. The molecule has 0 aliphatic rings. The largest absolute Gasteiger partial charge is 0.465 e. The van der Waals surface area contributed by atoms with Crippen molar-refractivity contribution in [1.82, 2.24) is 4.90 Å². The van der Waals surface area contributed by atoms with Crippen LogP contribution in [0.2, 0.25) is 0 Å². The first-order valence-corrected chi connectivity index (χ1v) is 8.02. The molecular formula is C13H18FNO4S. The normalized spacial score (nSPS) is 11.7. The molecule has 0 fully saturated rings. The summed E-state index contributed by atoms with van der Waals surface area (Å²) in [5.74, 6) is -1.32. The number of benzene rings is 1. The Bertz CT molecular complexity index is 586. The molecule has 1 rings (SSSR count). The number of rotatable bonds is 6. The molecule has 0 unspecified atom stereocenters. The standard InChI is InChI=1S/C13H18FNO4S/c1-15(6-7-20(3,17)18)9-10-4-5-11(12(14)8-10)13(16)19-2/h4-5,8H,6-7,9H2,1-3H3. The first-order chi connectivity index (χ1) is 9.23. The van der Waals surface area contributed by atoms with Gasteiger partial charge >= 0.3 is 5.97 Å². The molecule has 7 heteroatoms. The molecule has 0 aliphatic carbocycles. The van der Waals surface area contributed by atoms with Crippen molar-refractivity contribution in [3.05, 3.63) is 35.1 Å². The number of nitrogens with zero attached hydrogens (tertiary/aromatic N) is 1. The number of carbonyl (C=O) groups is 1. The van der Waals surface area contributed by atoms with E-state index in [1.54, 1.807) is 18.0 Å². The van der Waals surface area contributed by atoms with Gasteiger partial charge in [0.2, 0.25) is 0 Å². The van der Waals surface area contributed by atoms with Gasteiger partial charge in [-0.05, 0) is 24.7 Å². The fourth-order valence-corrected chi connectivity index (χ4v) is 2.29. The Balaban J connectivity index is 2.70. The monoisotopic (exact) mass is 303 g/mol. The highest BCUT2D eigenvalue weighted by Crippen LogP contribution is 2.13. The molecule has 112 valence electrons. The van der Waals surface area contributed by atoms with Crippen LogP contribution in [-0.4, -0.2) is 52.0 Å². The van der Waals surface area contributed by atoms with Crippen LogP contribution in [0.25, 0.3) is 0 Å². The Labute approximate surface area is 118 Å². The molecule has 0 saturated heterocycles. The van der Waals surface area contributed by atoms with Crippen molar-refractivity contribution < 1.29 is 22.3 Å². The highest BCUT2D eigenvalue weighted by Gasteiger charge is 2.13. The van der Waals surface area contributed by atoms with E-state index in [4.69, 9.17) is 0 Å². The molecular weight excluding hydrogens is 285 g/mol. The Morgan fingerprint density at radius 2 is 2.05 bits per heavy atom. The van der Waals surface area contributed by atoms with Crippen molar-refractivity contribution in [3.8, 4) is 0 Å². The molecule has 0 bridgehead atoms. The predicted octanol–water partition coefficient (Wildman–Crippen LogP) is 1.09. The molecule has 1 aromatic rings. The Kier molecular flexibility index (Phi) is 5.64. The number of halogens is 1. The van der Waals surface area contributed by atoms with Crippen LogP contribution >= 0.6 is 0 Å². The molecule has 0 radical (unpaired) electrons. The van der Waals surface area contributed by atoms with Gasteiger partial charge in [0.25, 0.3) is 0 Å². The van der Waals surface area contributed by atoms with Gasteiger partial charge in [0.1, 0.15) is 15.7 Å². The SMILES string of the molecule is COC(=O)c1ccc(CN(C)CCS(C)(=O)=O)cc1F. The fraction of sp³-hybridized carbons (Fsp3) is 0.462. The summed E-state index contributed by atoms with van der Waals surface area (Å²) in [5, 5.41) is 0. The van der Waals surface area contributed by atoms with E-state index in [9.17, 15) is 17.6 Å². The molecule has 20 heavy (non-hydrogen) atoms. The lowest BCUT2D eigenvalue weighted by Crippen LogP contribution is -2.25. The molecule has 0 aromatic heterocycles. The Morgan fingerprint density at radius 3 is 2.55 bits per heavy atom. The predicted molar refractivity (Wildman–Crippen MR) is 73.8 cm³/mol. The average Bonchev–Trinajstić information content (AvgIpc) is 2.35.